The first kappa shape index (κ1) is 9.10. The number of aryl methyl sites for hydroxylation is 1. The van der Waals surface area contributed by atoms with Crippen molar-refractivity contribution < 1.29 is 0 Å². The molecule has 13 heavy (non-hydrogen) atoms. The summed E-state index contributed by atoms with van der Waals surface area (Å²) in [6.45, 7) is 4.53. The van der Waals surface area contributed by atoms with Gasteiger partial charge < -0.3 is 5.32 Å². The lowest BCUT2D eigenvalue weighted by Crippen LogP contribution is -2.10. The maximum Gasteiger partial charge on any atom is 0.0231 e. The normalized spacial score (nSPS) is 22.1. The fourth-order valence-electron chi connectivity index (χ4n) is 1.60. The molecule has 1 aromatic rings. The molecule has 0 aliphatic carbocycles. The van der Waals surface area contributed by atoms with Crippen LogP contribution in [0.5, 0.6) is 0 Å². The number of hydrogen-bond donors (Lipinski definition) is 1. The second-order valence-corrected chi connectivity index (χ2v) is 4.84. The Hall–Kier alpha value is -0.470. The molecule has 2 heteroatoms. The van der Waals surface area contributed by atoms with Crippen LogP contribution in [0.15, 0.2) is 29.2 Å². The Labute approximate surface area is 83.9 Å². The Morgan fingerprint density at radius 1 is 1.38 bits per heavy atom. The molecule has 1 aliphatic rings. The standard InChI is InChI=1S/C11H15NS/c1-9-4-2-3-5-11(9)13-10-6-7-12-8-10/h2-5,10,12H,6-8H2,1H3/t10-/m0/s1. The largest absolute Gasteiger partial charge is 0.316 e. The topological polar surface area (TPSA) is 12.0 Å². The van der Waals surface area contributed by atoms with Gasteiger partial charge in [0.15, 0.2) is 0 Å². The van der Waals surface area contributed by atoms with Crippen LogP contribution in [0, 0.1) is 6.92 Å². The lowest BCUT2D eigenvalue weighted by atomic mass is 10.2. The van der Waals surface area contributed by atoms with E-state index in [1.807, 2.05) is 11.8 Å². The van der Waals surface area contributed by atoms with Crippen LogP contribution in [0.3, 0.4) is 0 Å². The zero-order valence-electron chi connectivity index (χ0n) is 7.92. The molecule has 0 aromatic heterocycles. The highest BCUT2D eigenvalue weighted by Gasteiger charge is 2.15. The highest BCUT2D eigenvalue weighted by Crippen LogP contribution is 2.29. The average molecular weight is 193 g/mol. The molecule has 0 bridgehead atoms. The van der Waals surface area contributed by atoms with Crippen molar-refractivity contribution in [2.45, 2.75) is 23.5 Å². The van der Waals surface area contributed by atoms with Crippen molar-refractivity contribution in [3.05, 3.63) is 29.8 Å². The highest BCUT2D eigenvalue weighted by molar-refractivity contribution is 8.00. The van der Waals surface area contributed by atoms with E-state index in [0.717, 1.165) is 5.25 Å². The monoisotopic (exact) mass is 193 g/mol. The maximum absolute atomic E-state index is 3.39. The predicted octanol–water partition coefficient (Wildman–Crippen LogP) is 2.45. The van der Waals surface area contributed by atoms with E-state index in [-0.39, 0.29) is 0 Å². The third kappa shape index (κ3) is 2.26. The molecule has 1 saturated heterocycles. The molecule has 1 aliphatic heterocycles. The molecule has 1 atom stereocenters. The van der Waals surface area contributed by atoms with Crippen molar-refractivity contribution >= 4 is 11.8 Å². The first-order valence-corrected chi connectivity index (χ1v) is 5.67. The van der Waals surface area contributed by atoms with Crippen molar-refractivity contribution in [3.63, 3.8) is 0 Å². The summed E-state index contributed by atoms with van der Waals surface area (Å²) in [5, 5.41) is 4.17. The maximum atomic E-state index is 3.39. The van der Waals surface area contributed by atoms with Gasteiger partial charge >= 0.3 is 0 Å². The average Bonchev–Trinajstić information content (AvgIpc) is 2.61. The van der Waals surface area contributed by atoms with Gasteiger partial charge in [-0.15, -0.1) is 11.8 Å². The zero-order chi connectivity index (χ0) is 9.10. The van der Waals surface area contributed by atoms with E-state index in [1.54, 1.807) is 0 Å². The fraction of sp³-hybridized carbons (Fsp3) is 0.455. The molecular weight excluding hydrogens is 178 g/mol. The highest BCUT2D eigenvalue weighted by atomic mass is 32.2. The molecule has 0 saturated carbocycles. The molecule has 0 amide bonds. The van der Waals surface area contributed by atoms with E-state index in [1.165, 1.54) is 30.0 Å². The van der Waals surface area contributed by atoms with Gasteiger partial charge in [0.2, 0.25) is 0 Å². The number of benzene rings is 1. The number of rotatable bonds is 2. The van der Waals surface area contributed by atoms with E-state index >= 15 is 0 Å². The molecule has 1 heterocycles. The van der Waals surface area contributed by atoms with Crippen molar-refractivity contribution in [3.8, 4) is 0 Å². The lowest BCUT2D eigenvalue weighted by Gasteiger charge is -2.09. The van der Waals surface area contributed by atoms with Gasteiger partial charge in [-0.3, -0.25) is 0 Å². The van der Waals surface area contributed by atoms with Gasteiger partial charge in [-0.05, 0) is 31.5 Å². The number of thioether (sulfide) groups is 1. The van der Waals surface area contributed by atoms with Crippen molar-refractivity contribution in [2.24, 2.45) is 0 Å². The van der Waals surface area contributed by atoms with Crippen LogP contribution in [-0.4, -0.2) is 18.3 Å². The summed E-state index contributed by atoms with van der Waals surface area (Å²) in [5.41, 5.74) is 1.40. The van der Waals surface area contributed by atoms with Gasteiger partial charge in [-0.25, -0.2) is 0 Å². The third-order valence-corrected chi connectivity index (χ3v) is 3.85. The summed E-state index contributed by atoms with van der Waals surface area (Å²) in [4.78, 5) is 1.44. The summed E-state index contributed by atoms with van der Waals surface area (Å²) in [7, 11) is 0. The van der Waals surface area contributed by atoms with Crippen LogP contribution in [0.2, 0.25) is 0 Å². The summed E-state index contributed by atoms with van der Waals surface area (Å²) in [5.74, 6) is 0. The summed E-state index contributed by atoms with van der Waals surface area (Å²) >= 11 is 2.02. The second kappa shape index (κ2) is 4.16. The third-order valence-electron chi connectivity index (χ3n) is 2.40. The summed E-state index contributed by atoms with van der Waals surface area (Å²) < 4.78 is 0. The van der Waals surface area contributed by atoms with E-state index < -0.39 is 0 Å². The predicted molar refractivity (Wildman–Crippen MR) is 58.3 cm³/mol. The van der Waals surface area contributed by atoms with E-state index in [0.29, 0.717) is 0 Å². The van der Waals surface area contributed by atoms with Crippen LogP contribution >= 0.6 is 11.8 Å². The molecule has 1 nitrogen and oxygen atoms in total. The molecule has 1 N–H and O–H groups in total. The van der Waals surface area contributed by atoms with Crippen molar-refractivity contribution in [2.75, 3.05) is 13.1 Å². The molecule has 0 unspecified atom stereocenters. The van der Waals surface area contributed by atoms with E-state index in [9.17, 15) is 0 Å². The zero-order valence-corrected chi connectivity index (χ0v) is 8.73. The van der Waals surface area contributed by atoms with Gasteiger partial charge in [0.05, 0.1) is 0 Å². The van der Waals surface area contributed by atoms with E-state index in [2.05, 4.69) is 36.5 Å². The van der Waals surface area contributed by atoms with Gasteiger partial charge in [0.25, 0.3) is 0 Å². The smallest absolute Gasteiger partial charge is 0.0231 e. The molecule has 2 rings (SSSR count). The minimum atomic E-state index is 0.779. The number of nitrogens with one attached hydrogen (secondary N) is 1. The van der Waals surface area contributed by atoms with Gasteiger partial charge in [0.1, 0.15) is 0 Å². The van der Waals surface area contributed by atoms with Crippen LogP contribution in [0.1, 0.15) is 12.0 Å². The Kier molecular flexibility index (Phi) is 2.91. The van der Waals surface area contributed by atoms with Gasteiger partial charge in [-0.1, -0.05) is 18.2 Å². The minimum absolute atomic E-state index is 0.779. The Morgan fingerprint density at radius 2 is 2.23 bits per heavy atom. The second-order valence-electron chi connectivity index (χ2n) is 3.50. The first-order valence-electron chi connectivity index (χ1n) is 4.79. The molecule has 70 valence electrons. The Morgan fingerprint density at radius 3 is 2.92 bits per heavy atom. The SMILES string of the molecule is Cc1ccccc1S[C@H]1CCNC1. The molecule has 0 radical (unpaired) electrons. The molecule has 0 spiro atoms. The van der Waals surface area contributed by atoms with E-state index in [4.69, 9.17) is 0 Å². The van der Waals surface area contributed by atoms with Crippen LogP contribution in [0.4, 0.5) is 0 Å². The van der Waals surface area contributed by atoms with Gasteiger partial charge in [0, 0.05) is 16.7 Å². The fourth-order valence-corrected chi connectivity index (χ4v) is 2.80. The molecular formula is C11H15NS. The Balaban J connectivity index is 2.04. The van der Waals surface area contributed by atoms with Crippen LogP contribution in [-0.2, 0) is 0 Å². The van der Waals surface area contributed by atoms with Crippen LogP contribution < -0.4 is 5.32 Å². The summed E-state index contributed by atoms with van der Waals surface area (Å²) in [6, 6.07) is 8.63. The van der Waals surface area contributed by atoms with Crippen molar-refractivity contribution in [1.29, 1.82) is 0 Å². The van der Waals surface area contributed by atoms with Crippen LogP contribution in [0.25, 0.3) is 0 Å². The Bertz CT molecular complexity index is 279. The lowest BCUT2D eigenvalue weighted by molar-refractivity contribution is 0.858. The van der Waals surface area contributed by atoms with Gasteiger partial charge in [-0.2, -0.15) is 0 Å². The first-order chi connectivity index (χ1) is 6.36. The van der Waals surface area contributed by atoms with Crippen molar-refractivity contribution in [1.82, 2.24) is 5.32 Å². The number of hydrogen-bond acceptors (Lipinski definition) is 2. The molecule has 1 fully saturated rings. The quantitative estimate of drug-likeness (QED) is 0.774. The minimum Gasteiger partial charge on any atom is -0.316 e. The molecule has 1 aromatic carbocycles. The summed E-state index contributed by atoms with van der Waals surface area (Å²) in [6.07, 6.45) is 1.30.